The topological polar surface area (TPSA) is 55.4 Å². The highest BCUT2D eigenvalue weighted by Crippen LogP contribution is 2.35. The largest absolute Gasteiger partial charge is 0.417 e. The third kappa shape index (κ3) is 5.46. The molecular formula is C12H15ClF3NO3S. The molecule has 0 fully saturated rings. The van der Waals surface area contributed by atoms with Gasteiger partial charge in [-0.1, -0.05) is 11.6 Å². The quantitative estimate of drug-likeness (QED) is 0.773. The predicted molar refractivity (Wildman–Crippen MR) is 72.8 cm³/mol. The maximum absolute atomic E-state index is 12.7. The van der Waals surface area contributed by atoms with Gasteiger partial charge in [0.1, 0.15) is 0 Å². The molecule has 0 radical (unpaired) electrons. The van der Waals surface area contributed by atoms with Gasteiger partial charge < -0.3 is 4.74 Å². The molecule has 0 amide bonds. The Morgan fingerprint density at radius 2 is 2.00 bits per heavy atom. The molecular weight excluding hydrogens is 331 g/mol. The molecule has 0 spiro atoms. The lowest BCUT2D eigenvalue weighted by Crippen LogP contribution is -2.26. The van der Waals surface area contributed by atoms with E-state index in [0.717, 1.165) is 12.1 Å². The first-order valence-electron chi connectivity index (χ1n) is 6.12. The molecule has 120 valence electrons. The molecule has 1 aromatic rings. The summed E-state index contributed by atoms with van der Waals surface area (Å²) in [7, 11) is -4.01. The van der Waals surface area contributed by atoms with E-state index < -0.39 is 31.7 Å². The van der Waals surface area contributed by atoms with Gasteiger partial charge in [0.15, 0.2) is 0 Å². The summed E-state index contributed by atoms with van der Waals surface area (Å²) < 4.78 is 69.1. The average Bonchev–Trinajstić information content (AvgIpc) is 2.37. The highest BCUT2D eigenvalue weighted by atomic mass is 35.5. The minimum atomic E-state index is -4.71. The first-order chi connectivity index (χ1) is 9.68. The average molecular weight is 346 g/mol. The normalized spacial score (nSPS) is 12.6. The molecule has 0 saturated carbocycles. The van der Waals surface area contributed by atoms with E-state index in [0.29, 0.717) is 25.7 Å². The SMILES string of the molecule is CCOCCCNS(=O)(=O)c1ccc(Cl)c(C(F)(F)F)c1. The van der Waals surface area contributed by atoms with Crippen LogP contribution in [-0.2, 0) is 20.9 Å². The molecule has 0 aromatic heterocycles. The summed E-state index contributed by atoms with van der Waals surface area (Å²) >= 11 is 5.44. The van der Waals surface area contributed by atoms with Crippen LogP contribution in [0.2, 0.25) is 5.02 Å². The highest BCUT2D eigenvalue weighted by Gasteiger charge is 2.34. The van der Waals surface area contributed by atoms with Gasteiger partial charge in [0, 0.05) is 19.8 Å². The summed E-state index contributed by atoms with van der Waals surface area (Å²) in [5.41, 5.74) is -1.18. The Labute approximate surface area is 126 Å². The minimum Gasteiger partial charge on any atom is -0.382 e. The predicted octanol–water partition coefficient (Wildman–Crippen LogP) is 3.06. The first-order valence-corrected chi connectivity index (χ1v) is 7.98. The number of halogens is 4. The Hall–Kier alpha value is -0.830. The fourth-order valence-electron chi connectivity index (χ4n) is 1.50. The Balaban J connectivity index is 2.84. The van der Waals surface area contributed by atoms with Gasteiger partial charge in [-0.15, -0.1) is 0 Å². The summed E-state index contributed by atoms with van der Waals surface area (Å²) in [6, 6.07) is 2.47. The van der Waals surface area contributed by atoms with Gasteiger partial charge in [0.25, 0.3) is 0 Å². The van der Waals surface area contributed by atoms with Gasteiger partial charge in [-0.05, 0) is 31.5 Å². The van der Waals surface area contributed by atoms with Crippen molar-refractivity contribution in [2.45, 2.75) is 24.4 Å². The molecule has 0 aliphatic heterocycles. The molecule has 0 aliphatic carbocycles. The molecule has 0 heterocycles. The number of rotatable bonds is 7. The molecule has 0 atom stereocenters. The van der Waals surface area contributed by atoms with Gasteiger partial charge >= 0.3 is 6.18 Å². The maximum atomic E-state index is 12.7. The van der Waals surface area contributed by atoms with Crippen LogP contribution >= 0.6 is 11.6 Å². The van der Waals surface area contributed by atoms with Crippen LogP contribution in [0.3, 0.4) is 0 Å². The van der Waals surface area contributed by atoms with Gasteiger partial charge in [-0.3, -0.25) is 0 Å². The van der Waals surface area contributed by atoms with E-state index in [1.165, 1.54) is 0 Å². The monoisotopic (exact) mass is 345 g/mol. The highest BCUT2D eigenvalue weighted by molar-refractivity contribution is 7.89. The van der Waals surface area contributed by atoms with Crippen molar-refractivity contribution in [3.8, 4) is 0 Å². The number of alkyl halides is 3. The molecule has 1 rings (SSSR count). The van der Waals surface area contributed by atoms with Gasteiger partial charge in [-0.25, -0.2) is 13.1 Å². The molecule has 0 unspecified atom stereocenters. The van der Waals surface area contributed by atoms with Crippen molar-refractivity contribution >= 4 is 21.6 Å². The van der Waals surface area contributed by atoms with E-state index in [9.17, 15) is 21.6 Å². The van der Waals surface area contributed by atoms with Crippen LogP contribution in [0.15, 0.2) is 23.1 Å². The lowest BCUT2D eigenvalue weighted by atomic mass is 10.2. The van der Waals surface area contributed by atoms with Crippen molar-refractivity contribution < 1.29 is 26.3 Å². The number of benzene rings is 1. The molecule has 1 aromatic carbocycles. The van der Waals surface area contributed by atoms with Crippen molar-refractivity contribution in [2.75, 3.05) is 19.8 Å². The van der Waals surface area contributed by atoms with Crippen LogP contribution < -0.4 is 4.72 Å². The Bertz CT molecular complexity index is 576. The number of sulfonamides is 1. The second-order valence-electron chi connectivity index (χ2n) is 4.09. The van der Waals surface area contributed by atoms with Crippen molar-refractivity contribution in [3.63, 3.8) is 0 Å². The van der Waals surface area contributed by atoms with Crippen molar-refractivity contribution in [1.29, 1.82) is 0 Å². The van der Waals surface area contributed by atoms with Crippen molar-refractivity contribution in [2.24, 2.45) is 0 Å². The molecule has 0 saturated heterocycles. The molecule has 1 N–H and O–H groups in total. The van der Waals surface area contributed by atoms with E-state index in [1.807, 2.05) is 0 Å². The molecule has 9 heteroatoms. The van der Waals surface area contributed by atoms with Crippen LogP contribution in [0, 0.1) is 0 Å². The maximum Gasteiger partial charge on any atom is 0.417 e. The second-order valence-corrected chi connectivity index (χ2v) is 6.26. The van der Waals surface area contributed by atoms with Crippen molar-refractivity contribution in [3.05, 3.63) is 28.8 Å². The summed E-state index contributed by atoms with van der Waals surface area (Å²) in [5, 5.41) is -0.544. The summed E-state index contributed by atoms with van der Waals surface area (Å²) in [4.78, 5) is -0.476. The molecule has 21 heavy (non-hydrogen) atoms. The van der Waals surface area contributed by atoms with Crippen LogP contribution in [0.4, 0.5) is 13.2 Å². The second kappa shape index (κ2) is 7.44. The summed E-state index contributed by atoms with van der Waals surface area (Å²) in [6.07, 6.45) is -4.29. The fraction of sp³-hybridized carbons (Fsp3) is 0.500. The minimum absolute atomic E-state index is 0.0757. The lowest BCUT2D eigenvalue weighted by molar-refractivity contribution is -0.137. The number of hydrogen-bond acceptors (Lipinski definition) is 3. The smallest absolute Gasteiger partial charge is 0.382 e. The summed E-state index contributed by atoms with van der Waals surface area (Å²) in [6.45, 7) is 2.76. The zero-order chi connectivity index (χ0) is 16.1. The van der Waals surface area contributed by atoms with E-state index >= 15 is 0 Å². The van der Waals surface area contributed by atoms with Gasteiger partial charge in [0.05, 0.1) is 15.5 Å². The molecule has 0 bridgehead atoms. The fourth-order valence-corrected chi connectivity index (χ4v) is 2.82. The Morgan fingerprint density at radius 1 is 1.33 bits per heavy atom. The number of ether oxygens (including phenoxy) is 1. The van der Waals surface area contributed by atoms with Crippen LogP contribution in [0.25, 0.3) is 0 Å². The van der Waals surface area contributed by atoms with Gasteiger partial charge in [-0.2, -0.15) is 13.2 Å². The zero-order valence-corrected chi connectivity index (χ0v) is 12.8. The van der Waals surface area contributed by atoms with E-state index in [-0.39, 0.29) is 6.54 Å². The number of hydrogen-bond donors (Lipinski definition) is 1. The third-order valence-electron chi connectivity index (χ3n) is 2.52. The zero-order valence-electron chi connectivity index (χ0n) is 11.2. The van der Waals surface area contributed by atoms with E-state index in [4.69, 9.17) is 16.3 Å². The standard InChI is InChI=1S/C12H15ClF3NO3S/c1-2-20-7-3-6-17-21(18,19)9-4-5-11(13)10(8-9)12(14,15)16/h4-5,8,17H,2-3,6-7H2,1H3. The van der Waals surface area contributed by atoms with Crippen LogP contribution in [-0.4, -0.2) is 28.2 Å². The Kier molecular flexibility index (Phi) is 6.45. The van der Waals surface area contributed by atoms with E-state index in [2.05, 4.69) is 4.72 Å². The summed E-state index contributed by atoms with van der Waals surface area (Å²) in [5.74, 6) is 0. The van der Waals surface area contributed by atoms with E-state index in [1.54, 1.807) is 6.92 Å². The van der Waals surface area contributed by atoms with Crippen LogP contribution in [0.1, 0.15) is 18.9 Å². The van der Waals surface area contributed by atoms with Crippen molar-refractivity contribution in [1.82, 2.24) is 4.72 Å². The number of nitrogens with one attached hydrogen (secondary N) is 1. The first kappa shape index (κ1) is 18.2. The molecule has 0 aliphatic rings. The van der Waals surface area contributed by atoms with Crippen LogP contribution in [0.5, 0.6) is 0 Å². The third-order valence-corrected chi connectivity index (χ3v) is 4.30. The Morgan fingerprint density at radius 3 is 2.57 bits per heavy atom. The van der Waals surface area contributed by atoms with Gasteiger partial charge in [0.2, 0.25) is 10.0 Å². The lowest BCUT2D eigenvalue weighted by Gasteiger charge is -2.12. The molecule has 4 nitrogen and oxygen atoms in total.